The molecule has 0 aliphatic carbocycles. The summed E-state index contributed by atoms with van der Waals surface area (Å²) in [4.78, 5) is 35.3. The van der Waals surface area contributed by atoms with E-state index in [4.69, 9.17) is 4.74 Å². The van der Waals surface area contributed by atoms with Gasteiger partial charge in [0.05, 0.1) is 7.11 Å². The number of benzene rings is 3. The summed E-state index contributed by atoms with van der Waals surface area (Å²) in [5, 5.41) is 2.67. The van der Waals surface area contributed by atoms with Gasteiger partial charge in [0.2, 0.25) is 0 Å². The van der Waals surface area contributed by atoms with Gasteiger partial charge in [-0.2, -0.15) is 0 Å². The Morgan fingerprint density at radius 1 is 0.727 bits per heavy atom. The van der Waals surface area contributed by atoms with Gasteiger partial charge in [0.1, 0.15) is 10.6 Å². The third-order valence-corrected chi connectivity index (χ3v) is 6.21. The minimum Gasteiger partial charge on any atom is -0.495 e. The molecule has 0 radical (unpaired) electrons. The van der Waals surface area contributed by atoms with Gasteiger partial charge in [-0.3, -0.25) is 19.1 Å². The quantitative estimate of drug-likeness (QED) is 0.482. The third-order valence-electron chi connectivity index (χ3n) is 4.81. The molecule has 3 aromatic rings. The second kappa shape index (κ2) is 9.66. The normalized spacial score (nSPS) is 10.9. The second-order valence-electron chi connectivity index (χ2n) is 7.19. The van der Waals surface area contributed by atoms with Crippen LogP contribution in [-0.2, 0) is 10.0 Å². The highest BCUT2D eigenvalue weighted by molar-refractivity contribution is 7.92. The van der Waals surface area contributed by atoms with Crippen LogP contribution in [0.3, 0.4) is 0 Å². The summed E-state index contributed by atoms with van der Waals surface area (Å²) in [6.45, 7) is 2.86. The van der Waals surface area contributed by atoms with E-state index in [2.05, 4.69) is 10.0 Å². The Kier molecular flexibility index (Phi) is 6.93. The monoisotopic (exact) mass is 466 g/mol. The lowest BCUT2D eigenvalue weighted by Gasteiger charge is -2.13. The van der Waals surface area contributed by atoms with Crippen molar-refractivity contribution in [3.8, 4) is 5.75 Å². The van der Waals surface area contributed by atoms with E-state index in [1.165, 1.54) is 63.4 Å². The van der Waals surface area contributed by atoms with Crippen molar-refractivity contribution in [2.24, 2.45) is 0 Å². The lowest BCUT2D eigenvalue weighted by molar-refractivity contribution is 0.100. The summed E-state index contributed by atoms with van der Waals surface area (Å²) in [7, 11) is -2.78. The van der Waals surface area contributed by atoms with Gasteiger partial charge >= 0.3 is 0 Å². The van der Waals surface area contributed by atoms with Gasteiger partial charge in [-0.25, -0.2) is 8.42 Å². The topological polar surface area (TPSA) is 119 Å². The Balaban J connectivity index is 1.86. The standard InChI is InChI=1S/C24H22N2O6S/c1-15(27)17-4-9-20(10-5-17)25-24(29)19-8-13-22(32-3)23(14-19)33(30,31)26-21-11-6-18(7-12-21)16(2)28/h4-14,26H,1-3H3,(H,25,29). The van der Waals surface area contributed by atoms with E-state index in [0.717, 1.165) is 0 Å². The van der Waals surface area contributed by atoms with Crippen LogP contribution in [-0.4, -0.2) is 33.0 Å². The molecule has 170 valence electrons. The molecule has 0 aliphatic heterocycles. The molecule has 0 saturated carbocycles. The number of Topliss-reactive ketones (excluding diaryl/α,β-unsaturated/α-hetero) is 2. The van der Waals surface area contributed by atoms with Crippen molar-refractivity contribution in [3.05, 3.63) is 83.4 Å². The van der Waals surface area contributed by atoms with Crippen LogP contribution in [0.25, 0.3) is 0 Å². The van der Waals surface area contributed by atoms with Gasteiger partial charge in [0.25, 0.3) is 15.9 Å². The molecule has 8 nitrogen and oxygen atoms in total. The fraction of sp³-hybridized carbons (Fsp3) is 0.125. The number of rotatable bonds is 8. The number of anilines is 2. The Labute approximate surface area is 191 Å². The summed E-state index contributed by atoms with van der Waals surface area (Å²) >= 11 is 0. The number of nitrogens with one attached hydrogen (secondary N) is 2. The molecule has 0 spiro atoms. The highest BCUT2D eigenvalue weighted by atomic mass is 32.2. The summed E-state index contributed by atoms with van der Waals surface area (Å²) in [5.74, 6) is -0.706. The molecule has 0 unspecified atom stereocenters. The van der Waals surface area contributed by atoms with Crippen LogP contribution < -0.4 is 14.8 Å². The number of hydrogen-bond donors (Lipinski definition) is 2. The first-order chi connectivity index (χ1) is 15.6. The van der Waals surface area contributed by atoms with E-state index in [1.807, 2.05) is 0 Å². The molecule has 0 heterocycles. The number of ketones is 2. The van der Waals surface area contributed by atoms with Gasteiger partial charge in [-0.05, 0) is 80.6 Å². The smallest absolute Gasteiger partial charge is 0.265 e. The van der Waals surface area contributed by atoms with Gasteiger partial charge in [0, 0.05) is 28.1 Å². The number of carbonyl (C=O) groups excluding carboxylic acids is 3. The SMILES string of the molecule is COc1ccc(C(=O)Nc2ccc(C(C)=O)cc2)cc1S(=O)(=O)Nc1ccc(C(C)=O)cc1. The molecule has 0 bridgehead atoms. The van der Waals surface area contributed by atoms with E-state index in [-0.39, 0.29) is 33.5 Å². The van der Waals surface area contributed by atoms with E-state index < -0.39 is 15.9 Å². The van der Waals surface area contributed by atoms with E-state index in [9.17, 15) is 22.8 Å². The number of sulfonamides is 1. The second-order valence-corrected chi connectivity index (χ2v) is 8.84. The molecule has 0 saturated heterocycles. The zero-order chi connectivity index (χ0) is 24.2. The fourth-order valence-corrected chi connectivity index (χ4v) is 4.26. The van der Waals surface area contributed by atoms with Gasteiger partial charge in [0.15, 0.2) is 11.6 Å². The summed E-state index contributed by atoms with van der Waals surface area (Å²) in [5.41, 5.74) is 1.76. The third kappa shape index (κ3) is 5.64. The first-order valence-corrected chi connectivity index (χ1v) is 11.3. The number of ether oxygens (including phenoxy) is 1. The molecule has 3 rings (SSSR count). The zero-order valence-corrected chi connectivity index (χ0v) is 19.0. The maximum Gasteiger partial charge on any atom is 0.265 e. The van der Waals surface area contributed by atoms with Crippen molar-refractivity contribution in [3.63, 3.8) is 0 Å². The molecule has 0 atom stereocenters. The number of carbonyl (C=O) groups is 3. The summed E-state index contributed by atoms with van der Waals surface area (Å²) < 4.78 is 33.6. The van der Waals surface area contributed by atoms with Crippen molar-refractivity contribution >= 4 is 38.9 Å². The minimum atomic E-state index is -4.11. The molecule has 3 aromatic carbocycles. The van der Waals surface area contributed by atoms with Crippen LogP contribution in [0.2, 0.25) is 0 Å². The molecule has 0 aromatic heterocycles. The zero-order valence-electron chi connectivity index (χ0n) is 18.2. The highest BCUT2D eigenvalue weighted by Crippen LogP contribution is 2.27. The molecule has 1 amide bonds. The van der Waals surface area contributed by atoms with Crippen molar-refractivity contribution in [1.29, 1.82) is 0 Å². The average Bonchev–Trinajstić information content (AvgIpc) is 2.79. The fourth-order valence-electron chi connectivity index (χ4n) is 3.00. The number of methoxy groups -OCH3 is 1. The minimum absolute atomic E-state index is 0.0604. The molecule has 9 heteroatoms. The Hall–Kier alpha value is -3.98. The van der Waals surface area contributed by atoms with Crippen LogP contribution in [0.5, 0.6) is 5.75 Å². The van der Waals surface area contributed by atoms with Crippen molar-refractivity contribution < 1.29 is 27.5 Å². The molecule has 0 aliphatic rings. The van der Waals surface area contributed by atoms with Gasteiger partial charge < -0.3 is 10.1 Å². The molecule has 2 N–H and O–H groups in total. The van der Waals surface area contributed by atoms with E-state index >= 15 is 0 Å². The van der Waals surface area contributed by atoms with E-state index in [1.54, 1.807) is 24.3 Å². The molecule has 33 heavy (non-hydrogen) atoms. The van der Waals surface area contributed by atoms with Crippen LogP contribution in [0.15, 0.2) is 71.6 Å². The maximum absolute atomic E-state index is 13.0. The first kappa shape index (κ1) is 23.7. The Bertz CT molecular complexity index is 1310. The molecule has 0 fully saturated rings. The van der Waals surface area contributed by atoms with Crippen LogP contribution in [0, 0.1) is 0 Å². The van der Waals surface area contributed by atoms with Crippen LogP contribution >= 0.6 is 0 Å². The highest BCUT2D eigenvalue weighted by Gasteiger charge is 2.22. The van der Waals surface area contributed by atoms with Crippen molar-refractivity contribution in [2.75, 3.05) is 17.1 Å². The van der Waals surface area contributed by atoms with E-state index in [0.29, 0.717) is 16.8 Å². The largest absolute Gasteiger partial charge is 0.495 e. The predicted molar refractivity (Wildman–Crippen MR) is 125 cm³/mol. The Morgan fingerprint density at radius 3 is 1.70 bits per heavy atom. The van der Waals surface area contributed by atoms with Gasteiger partial charge in [-0.1, -0.05) is 0 Å². The average molecular weight is 467 g/mol. The summed E-state index contributed by atoms with van der Waals surface area (Å²) in [6.07, 6.45) is 0. The maximum atomic E-state index is 13.0. The molecular weight excluding hydrogens is 444 g/mol. The van der Waals surface area contributed by atoms with Gasteiger partial charge in [-0.15, -0.1) is 0 Å². The van der Waals surface area contributed by atoms with Crippen LogP contribution in [0.4, 0.5) is 11.4 Å². The number of amides is 1. The Morgan fingerprint density at radius 2 is 1.21 bits per heavy atom. The first-order valence-electron chi connectivity index (χ1n) is 9.85. The van der Waals surface area contributed by atoms with Crippen LogP contribution in [0.1, 0.15) is 44.9 Å². The lowest BCUT2D eigenvalue weighted by atomic mass is 10.1. The predicted octanol–water partition coefficient (Wildman–Crippen LogP) is 4.15. The lowest BCUT2D eigenvalue weighted by Crippen LogP contribution is -2.17. The summed E-state index contributed by atoms with van der Waals surface area (Å²) in [6, 6.07) is 16.4. The number of hydrogen-bond acceptors (Lipinski definition) is 6. The molecular formula is C24H22N2O6S. The van der Waals surface area contributed by atoms with Crippen molar-refractivity contribution in [1.82, 2.24) is 0 Å². The van der Waals surface area contributed by atoms with Crippen molar-refractivity contribution in [2.45, 2.75) is 18.7 Å².